The number of aliphatic imine (C=N–C) groups is 1. The molecular formula is C19H22N4O2. The lowest BCUT2D eigenvalue weighted by atomic mass is 9.92. The topological polar surface area (TPSA) is 104 Å². The van der Waals surface area contributed by atoms with Crippen LogP contribution in [0.5, 0.6) is 0 Å². The SMILES string of the molecule is CCOC1(OCC)N=C(N)C2(C#N)C(c3ccc(C)cc3C)C12C#N. The Hall–Kier alpha value is -2.41. The number of aryl methyl sites for hydroxylation is 2. The van der Waals surface area contributed by atoms with E-state index in [-0.39, 0.29) is 5.84 Å². The van der Waals surface area contributed by atoms with Gasteiger partial charge in [-0.15, -0.1) is 0 Å². The lowest BCUT2D eigenvalue weighted by molar-refractivity contribution is -0.255. The number of hydrogen-bond acceptors (Lipinski definition) is 6. The van der Waals surface area contributed by atoms with Gasteiger partial charge in [0.05, 0.1) is 12.1 Å². The molecule has 1 aliphatic heterocycles. The molecule has 0 spiro atoms. The minimum Gasteiger partial charge on any atom is -0.386 e. The van der Waals surface area contributed by atoms with Crippen LogP contribution < -0.4 is 5.73 Å². The van der Waals surface area contributed by atoms with Crippen LogP contribution in [0.3, 0.4) is 0 Å². The smallest absolute Gasteiger partial charge is 0.293 e. The summed E-state index contributed by atoms with van der Waals surface area (Å²) >= 11 is 0. The maximum atomic E-state index is 10.2. The molecule has 25 heavy (non-hydrogen) atoms. The van der Waals surface area contributed by atoms with E-state index in [4.69, 9.17) is 15.2 Å². The number of ether oxygens (including phenoxy) is 2. The molecule has 0 aromatic heterocycles. The first-order valence-electron chi connectivity index (χ1n) is 8.44. The number of hydrogen-bond donors (Lipinski definition) is 1. The van der Waals surface area contributed by atoms with E-state index in [0.717, 1.165) is 16.7 Å². The van der Waals surface area contributed by atoms with Crippen molar-refractivity contribution in [3.63, 3.8) is 0 Å². The molecule has 0 amide bonds. The van der Waals surface area contributed by atoms with Crippen molar-refractivity contribution < 1.29 is 9.47 Å². The third-order valence-corrected chi connectivity index (χ3v) is 5.34. The molecule has 6 nitrogen and oxygen atoms in total. The molecule has 3 unspecified atom stereocenters. The summed E-state index contributed by atoms with van der Waals surface area (Å²) in [7, 11) is 0. The molecule has 2 aliphatic rings. The van der Waals surface area contributed by atoms with Gasteiger partial charge in [-0.25, -0.2) is 4.99 Å². The summed E-state index contributed by atoms with van der Waals surface area (Å²) in [5.41, 5.74) is 6.71. The minimum absolute atomic E-state index is 0.114. The van der Waals surface area contributed by atoms with Crippen LogP contribution in [0.15, 0.2) is 23.2 Å². The fourth-order valence-electron chi connectivity index (χ4n) is 4.37. The van der Waals surface area contributed by atoms with Crippen molar-refractivity contribution in [1.29, 1.82) is 10.5 Å². The average molecular weight is 338 g/mol. The average Bonchev–Trinajstić information content (AvgIpc) is 3.13. The first-order chi connectivity index (χ1) is 11.9. The zero-order chi connectivity index (χ0) is 18.5. The number of nitriles is 2. The number of amidine groups is 1. The number of rotatable bonds is 5. The van der Waals surface area contributed by atoms with Crippen molar-refractivity contribution in [2.24, 2.45) is 21.6 Å². The van der Waals surface area contributed by atoms with Crippen LogP contribution in [-0.2, 0) is 9.47 Å². The monoisotopic (exact) mass is 338 g/mol. The highest BCUT2D eigenvalue weighted by atomic mass is 16.7. The Kier molecular flexibility index (Phi) is 3.87. The van der Waals surface area contributed by atoms with Gasteiger partial charge in [-0.3, -0.25) is 0 Å². The third kappa shape index (κ3) is 1.81. The summed E-state index contributed by atoms with van der Waals surface area (Å²) in [6.07, 6.45) is 0. The molecular weight excluding hydrogens is 316 g/mol. The van der Waals surface area contributed by atoms with Crippen LogP contribution in [0.25, 0.3) is 0 Å². The first kappa shape index (κ1) is 17.4. The standard InChI is InChI=1S/C19H22N4O2/c1-5-24-19(25-6-2)18(11-21)15(17(18,10-20)16(22)23-19)14-8-7-12(3)9-13(14)4/h7-9,15H,5-6H2,1-4H3,(H2,22,23). The van der Waals surface area contributed by atoms with Crippen molar-refractivity contribution >= 4 is 5.84 Å². The van der Waals surface area contributed by atoms with Gasteiger partial charge in [-0.05, 0) is 38.8 Å². The molecule has 1 aromatic carbocycles. The van der Waals surface area contributed by atoms with Crippen LogP contribution in [0, 0.1) is 47.3 Å². The van der Waals surface area contributed by atoms with Gasteiger partial charge >= 0.3 is 0 Å². The molecule has 3 atom stereocenters. The molecule has 1 aliphatic carbocycles. The van der Waals surface area contributed by atoms with E-state index in [1.165, 1.54) is 0 Å². The Balaban J connectivity index is 2.25. The third-order valence-electron chi connectivity index (χ3n) is 5.34. The molecule has 1 saturated carbocycles. The quantitative estimate of drug-likeness (QED) is 0.831. The predicted octanol–water partition coefficient (Wildman–Crippen LogP) is 2.52. The van der Waals surface area contributed by atoms with E-state index >= 15 is 0 Å². The molecule has 1 fully saturated rings. The second kappa shape index (κ2) is 5.56. The first-order valence-corrected chi connectivity index (χ1v) is 8.44. The fourth-order valence-corrected chi connectivity index (χ4v) is 4.37. The van der Waals surface area contributed by atoms with Gasteiger partial charge in [0.1, 0.15) is 11.3 Å². The summed E-state index contributed by atoms with van der Waals surface area (Å²) in [6, 6.07) is 10.6. The van der Waals surface area contributed by atoms with Gasteiger partial charge in [-0.1, -0.05) is 23.8 Å². The molecule has 0 bridgehead atoms. The van der Waals surface area contributed by atoms with Crippen molar-refractivity contribution in [2.75, 3.05) is 13.2 Å². The Bertz CT molecular complexity index is 829. The molecule has 6 heteroatoms. The lowest BCUT2D eigenvalue weighted by Gasteiger charge is -2.32. The number of nitrogens with two attached hydrogens (primary N) is 1. The van der Waals surface area contributed by atoms with E-state index in [9.17, 15) is 10.5 Å². The molecule has 1 heterocycles. The zero-order valence-electron chi connectivity index (χ0n) is 15.0. The van der Waals surface area contributed by atoms with Crippen LogP contribution >= 0.6 is 0 Å². The van der Waals surface area contributed by atoms with E-state index in [0.29, 0.717) is 13.2 Å². The highest BCUT2D eigenvalue weighted by Gasteiger charge is 2.93. The van der Waals surface area contributed by atoms with Crippen LogP contribution in [0.2, 0.25) is 0 Å². The van der Waals surface area contributed by atoms with Crippen molar-refractivity contribution in [3.05, 3.63) is 34.9 Å². The Labute approximate surface area is 147 Å². The van der Waals surface area contributed by atoms with Crippen LogP contribution in [-0.4, -0.2) is 25.0 Å². The largest absolute Gasteiger partial charge is 0.386 e. The second-order valence-corrected chi connectivity index (χ2v) is 6.58. The van der Waals surface area contributed by atoms with Gasteiger partial charge in [0.2, 0.25) is 0 Å². The second-order valence-electron chi connectivity index (χ2n) is 6.58. The predicted molar refractivity (Wildman–Crippen MR) is 92.4 cm³/mol. The van der Waals surface area contributed by atoms with Gasteiger partial charge in [-0.2, -0.15) is 10.5 Å². The van der Waals surface area contributed by atoms with E-state index in [1.807, 2.05) is 32.0 Å². The Morgan fingerprint density at radius 1 is 1.16 bits per heavy atom. The van der Waals surface area contributed by atoms with Gasteiger partial charge in [0.15, 0.2) is 5.41 Å². The maximum absolute atomic E-state index is 10.2. The van der Waals surface area contributed by atoms with Crippen LogP contribution in [0.1, 0.15) is 36.5 Å². The van der Waals surface area contributed by atoms with Crippen molar-refractivity contribution in [1.82, 2.24) is 0 Å². The van der Waals surface area contributed by atoms with Gasteiger partial charge in [0, 0.05) is 19.1 Å². The molecule has 1 aromatic rings. The van der Waals surface area contributed by atoms with Gasteiger partial charge in [0.25, 0.3) is 5.91 Å². The summed E-state index contributed by atoms with van der Waals surface area (Å²) in [4.78, 5) is 4.34. The molecule has 0 saturated heterocycles. The molecule has 130 valence electrons. The maximum Gasteiger partial charge on any atom is 0.293 e. The van der Waals surface area contributed by atoms with Crippen LogP contribution in [0.4, 0.5) is 0 Å². The highest BCUT2D eigenvalue weighted by Crippen LogP contribution is 2.82. The van der Waals surface area contributed by atoms with Gasteiger partial charge < -0.3 is 15.2 Å². The summed E-state index contributed by atoms with van der Waals surface area (Å²) < 4.78 is 11.7. The summed E-state index contributed by atoms with van der Waals surface area (Å²) in [5, 5.41) is 20.2. The number of fused-ring (bicyclic) bond motifs is 1. The zero-order valence-corrected chi connectivity index (χ0v) is 15.0. The molecule has 3 rings (SSSR count). The minimum atomic E-state index is -1.55. The fraction of sp³-hybridized carbons (Fsp3) is 0.526. The normalized spacial score (nSPS) is 31.6. The Morgan fingerprint density at radius 2 is 1.80 bits per heavy atom. The Morgan fingerprint density at radius 3 is 2.28 bits per heavy atom. The van der Waals surface area contributed by atoms with E-state index < -0.39 is 22.7 Å². The summed E-state index contributed by atoms with van der Waals surface area (Å²) in [6.45, 7) is 8.17. The number of nitrogens with zero attached hydrogens (tertiary/aromatic N) is 3. The van der Waals surface area contributed by atoms with E-state index in [1.54, 1.807) is 13.8 Å². The van der Waals surface area contributed by atoms with E-state index in [2.05, 4.69) is 17.1 Å². The molecule has 2 N–H and O–H groups in total. The number of benzene rings is 1. The lowest BCUT2D eigenvalue weighted by Crippen LogP contribution is -2.43. The van der Waals surface area contributed by atoms with Crippen molar-refractivity contribution in [2.45, 2.75) is 39.5 Å². The highest BCUT2D eigenvalue weighted by molar-refractivity contribution is 6.00. The summed E-state index contributed by atoms with van der Waals surface area (Å²) in [5.74, 6) is -1.87. The molecule has 0 radical (unpaired) electrons. The van der Waals surface area contributed by atoms with Crippen molar-refractivity contribution in [3.8, 4) is 12.1 Å².